The molecule has 2 heterocycles. The average Bonchev–Trinajstić information content (AvgIpc) is 2.80. The highest BCUT2D eigenvalue weighted by Gasteiger charge is 2.14. The van der Waals surface area contributed by atoms with E-state index in [0.717, 1.165) is 17.4 Å². The summed E-state index contributed by atoms with van der Waals surface area (Å²) in [4.78, 5) is 30.5. The van der Waals surface area contributed by atoms with Gasteiger partial charge in [-0.05, 0) is 6.42 Å². The number of unbranched alkanes of at least 4 members (excludes halogenated alkanes) is 1. The summed E-state index contributed by atoms with van der Waals surface area (Å²) in [7, 11) is 1.42. The molecule has 0 spiro atoms. The van der Waals surface area contributed by atoms with Crippen LogP contribution in [0.15, 0.2) is 9.59 Å². The number of imidazole rings is 1. The third-order valence-corrected chi connectivity index (χ3v) is 2.82. The van der Waals surface area contributed by atoms with Crippen molar-refractivity contribution in [1.82, 2.24) is 19.1 Å². The van der Waals surface area contributed by atoms with Crippen LogP contribution >= 0.6 is 0 Å². The molecule has 94 valence electrons. The average molecular weight is 247 g/mol. The van der Waals surface area contributed by atoms with Crippen molar-refractivity contribution < 1.29 is 0 Å². The summed E-state index contributed by atoms with van der Waals surface area (Å²) in [6.07, 6.45) is 1.73. The molecule has 0 unspecified atom stereocenters. The Hall–Kier alpha value is -2.36. The summed E-state index contributed by atoms with van der Waals surface area (Å²) < 4.78 is 2.45. The molecule has 2 aromatic rings. The second-order valence-corrected chi connectivity index (χ2v) is 4.05. The Morgan fingerprint density at radius 1 is 1.44 bits per heavy atom. The summed E-state index contributed by atoms with van der Waals surface area (Å²) in [5, 5.41) is 8.80. The number of hydrogen-bond acceptors (Lipinski definition) is 4. The number of fused-ring (bicyclic) bond motifs is 1. The summed E-state index contributed by atoms with van der Waals surface area (Å²) in [5.41, 5.74) is -0.411. The summed E-state index contributed by atoms with van der Waals surface area (Å²) in [5.74, 6) is 0.0398. The predicted molar refractivity (Wildman–Crippen MR) is 65.2 cm³/mol. The predicted octanol–water partition coefficient (Wildman–Crippen LogP) is 0.0951. The highest BCUT2D eigenvalue weighted by Crippen LogP contribution is 2.05. The molecule has 2 rings (SSSR count). The standard InChI is InChI=1S/C11H13N5O2/c1-3-4-5-16-9-8(13-7(6-12)14-9)10(17)15(2)11(16)18/h3-5H2,1-2H3,(H,13,14). The number of aryl methyl sites for hydroxylation is 1. The molecule has 0 atom stereocenters. The second kappa shape index (κ2) is 4.49. The van der Waals surface area contributed by atoms with Gasteiger partial charge in [0, 0.05) is 13.6 Å². The number of hydrogen-bond donors (Lipinski definition) is 1. The van der Waals surface area contributed by atoms with E-state index in [-0.39, 0.29) is 17.0 Å². The van der Waals surface area contributed by atoms with E-state index in [9.17, 15) is 9.59 Å². The molecule has 0 amide bonds. The smallest absolute Gasteiger partial charge is 0.324 e. The molecule has 18 heavy (non-hydrogen) atoms. The maximum absolute atomic E-state index is 12.0. The van der Waals surface area contributed by atoms with Gasteiger partial charge in [0.25, 0.3) is 5.56 Å². The van der Waals surface area contributed by atoms with Gasteiger partial charge in [0.15, 0.2) is 11.2 Å². The van der Waals surface area contributed by atoms with Crippen molar-refractivity contribution in [2.45, 2.75) is 26.3 Å². The van der Waals surface area contributed by atoms with Gasteiger partial charge < -0.3 is 4.98 Å². The van der Waals surface area contributed by atoms with Crippen molar-refractivity contribution in [3.8, 4) is 6.07 Å². The Kier molecular flexibility index (Phi) is 3.02. The third-order valence-electron chi connectivity index (χ3n) is 2.82. The van der Waals surface area contributed by atoms with E-state index in [2.05, 4.69) is 9.97 Å². The van der Waals surface area contributed by atoms with Gasteiger partial charge in [-0.1, -0.05) is 13.3 Å². The largest absolute Gasteiger partial charge is 0.332 e. The molecule has 0 saturated carbocycles. The van der Waals surface area contributed by atoms with E-state index in [1.54, 1.807) is 0 Å². The fourth-order valence-electron chi connectivity index (χ4n) is 1.81. The summed E-state index contributed by atoms with van der Waals surface area (Å²) in [6, 6.07) is 1.84. The van der Waals surface area contributed by atoms with E-state index in [1.165, 1.54) is 11.6 Å². The molecular weight excluding hydrogens is 234 g/mol. The summed E-state index contributed by atoms with van der Waals surface area (Å²) in [6.45, 7) is 2.49. The quantitative estimate of drug-likeness (QED) is 0.831. The minimum Gasteiger partial charge on any atom is -0.324 e. The van der Waals surface area contributed by atoms with Gasteiger partial charge in [-0.2, -0.15) is 5.26 Å². The van der Waals surface area contributed by atoms with E-state index < -0.39 is 11.2 Å². The van der Waals surface area contributed by atoms with Gasteiger partial charge in [0.05, 0.1) is 0 Å². The zero-order valence-electron chi connectivity index (χ0n) is 10.2. The third kappa shape index (κ3) is 1.72. The first-order chi connectivity index (χ1) is 8.60. The number of aromatic nitrogens is 4. The number of H-pyrrole nitrogens is 1. The van der Waals surface area contributed by atoms with Gasteiger partial charge in [-0.25, -0.2) is 9.78 Å². The number of rotatable bonds is 3. The highest BCUT2D eigenvalue weighted by atomic mass is 16.2. The molecular formula is C11H13N5O2. The van der Waals surface area contributed by atoms with Gasteiger partial charge in [-0.15, -0.1) is 0 Å². The normalized spacial score (nSPS) is 10.7. The molecule has 0 aliphatic carbocycles. The molecule has 0 aromatic carbocycles. The first-order valence-electron chi connectivity index (χ1n) is 5.69. The Morgan fingerprint density at radius 3 is 2.78 bits per heavy atom. The molecule has 0 fully saturated rings. The van der Waals surface area contributed by atoms with Gasteiger partial charge in [-0.3, -0.25) is 13.9 Å². The lowest BCUT2D eigenvalue weighted by atomic mass is 10.3. The molecule has 7 nitrogen and oxygen atoms in total. The monoisotopic (exact) mass is 247 g/mol. The maximum atomic E-state index is 12.0. The van der Waals surface area contributed by atoms with Crippen LogP contribution in [0.4, 0.5) is 0 Å². The minimum absolute atomic E-state index is 0.0398. The Morgan fingerprint density at radius 2 is 2.17 bits per heavy atom. The van der Waals surface area contributed by atoms with Gasteiger partial charge in [0.1, 0.15) is 6.07 Å². The summed E-state index contributed by atoms with van der Waals surface area (Å²) >= 11 is 0. The first-order valence-corrected chi connectivity index (χ1v) is 5.69. The van der Waals surface area contributed by atoms with Crippen LogP contribution in [0.1, 0.15) is 25.6 Å². The van der Waals surface area contributed by atoms with Crippen LogP contribution in [0.5, 0.6) is 0 Å². The van der Waals surface area contributed by atoms with Crippen molar-refractivity contribution in [3.05, 3.63) is 26.7 Å². The van der Waals surface area contributed by atoms with Gasteiger partial charge in [0.2, 0.25) is 5.82 Å². The fraction of sp³-hybridized carbons (Fsp3) is 0.455. The highest BCUT2D eigenvalue weighted by molar-refractivity contribution is 5.70. The Balaban J connectivity index is 2.83. The molecule has 1 N–H and O–H groups in total. The topological polar surface area (TPSA) is 96.5 Å². The number of nitriles is 1. The SMILES string of the molecule is CCCCn1c(=O)n(C)c(=O)c2[nH]c(C#N)nc21. The van der Waals surface area contributed by atoms with E-state index in [1.807, 2.05) is 13.0 Å². The number of nitrogens with one attached hydrogen (secondary N) is 1. The van der Waals surface area contributed by atoms with Crippen molar-refractivity contribution in [2.75, 3.05) is 0 Å². The first kappa shape index (κ1) is 12.1. The van der Waals surface area contributed by atoms with Crippen molar-refractivity contribution >= 4 is 11.2 Å². The van der Waals surface area contributed by atoms with Crippen LogP contribution in [0.3, 0.4) is 0 Å². The van der Waals surface area contributed by atoms with Gasteiger partial charge >= 0.3 is 5.69 Å². The molecule has 0 radical (unpaired) electrons. The molecule has 7 heteroatoms. The molecule has 0 saturated heterocycles. The zero-order valence-corrected chi connectivity index (χ0v) is 10.2. The molecule has 0 aliphatic heterocycles. The van der Waals surface area contributed by atoms with Crippen LogP contribution in [0.2, 0.25) is 0 Å². The van der Waals surface area contributed by atoms with E-state index in [0.29, 0.717) is 6.54 Å². The minimum atomic E-state index is -0.461. The lowest BCUT2D eigenvalue weighted by molar-refractivity contribution is 0.584. The van der Waals surface area contributed by atoms with E-state index in [4.69, 9.17) is 5.26 Å². The molecule has 0 aliphatic rings. The second-order valence-electron chi connectivity index (χ2n) is 4.05. The van der Waals surface area contributed by atoms with Crippen molar-refractivity contribution in [1.29, 1.82) is 5.26 Å². The van der Waals surface area contributed by atoms with Crippen LogP contribution in [0, 0.1) is 11.3 Å². The lowest BCUT2D eigenvalue weighted by Gasteiger charge is -2.07. The van der Waals surface area contributed by atoms with Crippen molar-refractivity contribution in [2.24, 2.45) is 7.05 Å². The Labute approximate surface area is 102 Å². The van der Waals surface area contributed by atoms with Crippen LogP contribution in [0.25, 0.3) is 11.2 Å². The fourth-order valence-corrected chi connectivity index (χ4v) is 1.81. The lowest BCUT2D eigenvalue weighted by Crippen LogP contribution is -2.38. The van der Waals surface area contributed by atoms with Crippen molar-refractivity contribution in [3.63, 3.8) is 0 Å². The van der Waals surface area contributed by atoms with Crippen LogP contribution < -0.4 is 11.2 Å². The van der Waals surface area contributed by atoms with E-state index >= 15 is 0 Å². The molecule has 0 bridgehead atoms. The number of aromatic amines is 1. The molecule has 2 aromatic heterocycles. The van der Waals surface area contributed by atoms with Crippen LogP contribution in [-0.2, 0) is 13.6 Å². The zero-order chi connectivity index (χ0) is 13.3. The Bertz CT molecular complexity index is 744. The maximum Gasteiger partial charge on any atom is 0.332 e. The van der Waals surface area contributed by atoms with Crippen LogP contribution in [-0.4, -0.2) is 19.1 Å². The number of nitrogens with zero attached hydrogens (tertiary/aromatic N) is 4.